The predicted octanol–water partition coefficient (Wildman–Crippen LogP) is 3.05. The Kier molecular flexibility index (Phi) is 5.52. The number of hydrogen-bond donors (Lipinski definition) is 1. The van der Waals surface area contributed by atoms with Crippen LogP contribution in [0.25, 0.3) is 0 Å². The van der Waals surface area contributed by atoms with E-state index in [1.54, 1.807) is 32.2 Å². The largest absolute Gasteiger partial charge is 0.497 e. The highest BCUT2D eigenvalue weighted by atomic mass is 32.2. The number of rotatable bonds is 7. The van der Waals surface area contributed by atoms with Gasteiger partial charge in [-0.3, -0.25) is 0 Å². The number of aryl methyl sites for hydroxylation is 1. The van der Waals surface area contributed by atoms with Gasteiger partial charge in [0.1, 0.15) is 17.8 Å². The molecule has 1 atom stereocenters. The molecule has 2 rings (SSSR count). The molecule has 0 bridgehead atoms. The van der Waals surface area contributed by atoms with Crippen LogP contribution in [0.3, 0.4) is 0 Å². The molecule has 0 aliphatic heterocycles. The molecular weight excluding hydrogens is 288 g/mol. The summed E-state index contributed by atoms with van der Waals surface area (Å²) in [6.07, 6.45) is 1.66. The zero-order valence-electron chi connectivity index (χ0n) is 12.7. The predicted molar refractivity (Wildman–Crippen MR) is 83.3 cm³/mol. The minimum atomic E-state index is 0.128. The molecule has 2 aromatic rings. The van der Waals surface area contributed by atoms with Crippen LogP contribution >= 0.6 is 11.8 Å². The van der Waals surface area contributed by atoms with Crippen molar-refractivity contribution >= 4 is 11.8 Å². The lowest BCUT2D eigenvalue weighted by molar-refractivity contribution is 0.387. The second kappa shape index (κ2) is 7.38. The van der Waals surface area contributed by atoms with Gasteiger partial charge >= 0.3 is 0 Å². The highest BCUT2D eigenvalue weighted by molar-refractivity contribution is 7.99. The average molecular weight is 308 g/mol. The number of nitrogens with zero attached hydrogens (tertiary/aromatic N) is 1. The topological polar surface area (TPSA) is 56.5 Å². The first-order valence-electron chi connectivity index (χ1n) is 6.62. The number of benzene rings is 1. The second-order valence-electron chi connectivity index (χ2n) is 4.51. The Morgan fingerprint density at radius 3 is 2.71 bits per heavy atom. The van der Waals surface area contributed by atoms with E-state index in [1.807, 2.05) is 32.2 Å². The lowest BCUT2D eigenvalue weighted by atomic mass is 10.1. The molecule has 1 N–H and O–H groups in total. The molecule has 5 nitrogen and oxygen atoms in total. The van der Waals surface area contributed by atoms with Crippen LogP contribution in [0.2, 0.25) is 0 Å². The maximum absolute atomic E-state index is 5.46. The zero-order chi connectivity index (χ0) is 15.2. The lowest BCUT2D eigenvalue weighted by Crippen LogP contribution is -2.19. The van der Waals surface area contributed by atoms with E-state index in [9.17, 15) is 0 Å². The summed E-state index contributed by atoms with van der Waals surface area (Å²) in [5, 5.41) is 3.98. The van der Waals surface area contributed by atoms with E-state index >= 15 is 0 Å². The van der Waals surface area contributed by atoms with Crippen molar-refractivity contribution in [2.75, 3.05) is 27.0 Å². The van der Waals surface area contributed by atoms with Gasteiger partial charge in [-0.1, -0.05) is 17.8 Å². The molecule has 1 heterocycles. The maximum atomic E-state index is 5.46. The normalized spacial score (nSPS) is 12.2. The molecule has 0 spiro atoms. The Morgan fingerprint density at radius 1 is 1.33 bits per heavy atom. The molecule has 1 unspecified atom stereocenters. The second-order valence-corrected chi connectivity index (χ2v) is 5.49. The minimum absolute atomic E-state index is 0.128. The molecular formula is C15H20N2O3S. The summed E-state index contributed by atoms with van der Waals surface area (Å²) in [6.45, 7) is 1.91. The van der Waals surface area contributed by atoms with Crippen LogP contribution in [0.15, 0.2) is 34.1 Å². The monoisotopic (exact) mass is 308 g/mol. The molecule has 0 amide bonds. The molecule has 1 aromatic heterocycles. The fourth-order valence-electron chi connectivity index (χ4n) is 1.99. The molecule has 1 aromatic carbocycles. The van der Waals surface area contributed by atoms with Crippen molar-refractivity contribution in [3.8, 4) is 11.5 Å². The molecule has 114 valence electrons. The molecule has 0 radical (unpaired) electrons. The number of aromatic nitrogens is 1. The summed E-state index contributed by atoms with van der Waals surface area (Å²) in [4.78, 5) is 4.30. The fraction of sp³-hybridized carbons (Fsp3) is 0.400. The van der Waals surface area contributed by atoms with Crippen molar-refractivity contribution < 1.29 is 13.9 Å². The summed E-state index contributed by atoms with van der Waals surface area (Å²) < 4.78 is 16.0. The fourth-order valence-corrected chi connectivity index (χ4v) is 2.97. The van der Waals surface area contributed by atoms with Gasteiger partial charge in [0.05, 0.1) is 19.9 Å². The number of methoxy groups -OCH3 is 2. The Hall–Kier alpha value is -1.66. The number of ether oxygens (including phenoxy) is 2. The average Bonchev–Trinajstić information content (AvgIpc) is 2.93. The van der Waals surface area contributed by atoms with Gasteiger partial charge in [-0.25, -0.2) is 4.98 Å². The molecule has 0 saturated carbocycles. The van der Waals surface area contributed by atoms with Crippen molar-refractivity contribution in [1.82, 2.24) is 10.3 Å². The summed E-state index contributed by atoms with van der Waals surface area (Å²) in [7, 11) is 5.23. The minimum Gasteiger partial charge on any atom is -0.497 e. The van der Waals surface area contributed by atoms with E-state index in [1.165, 1.54) is 0 Å². The van der Waals surface area contributed by atoms with Crippen LogP contribution in [0.5, 0.6) is 11.5 Å². The number of hydrogen-bond acceptors (Lipinski definition) is 6. The van der Waals surface area contributed by atoms with Crippen LogP contribution in [0, 0.1) is 6.92 Å². The van der Waals surface area contributed by atoms with Crippen LogP contribution < -0.4 is 14.8 Å². The maximum Gasteiger partial charge on any atom is 0.255 e. The molecule has 0 aliphatic carbocycles. The Balaban J connectivity index is 2.12. The highest BCUT2D eigenvalue weighted by Gasteiger charge is 2.17. The Morgan fingerprint density at radius 2 is 2.14 bits per heavy atom. The molecule has 6 heteroatoms. The van der Waals surface area contributed by atoms with E-state index < -0.39 is 0 Å². The SMILES string of the molecule is CNC(CSc1nc(C)co1)c1ccc(OC)cc1OC. The van der Waals surface area contributed by atoms with E-state index in [0.717, 1.165) is 28.5 Å². The van der Waals surface area contributed by atoms with Crippen LogP contribution in [-0.4, -0.2) is 32.0 Å². The van der Waals surface area contributed by atoms with Gasteiger partial charge in [-0.2, -0.15) is 0 Å². The Labute approximate surface area is 129 Å². The summed E-state index contributed by atoms with van der Waals surface area (Å²) >= 11 is 1.57. The van der Waals surface area contributed by atoms with Crippen LogP contribution in [0.4, 0.5) is 0 Å². The zero-order valence-corrected chi connectivity index (χ0v) is 13.5. The third-order valence-electron chi connectivity index (χ3n) is 3.14. The van der Waals surface area contributed by atoms with Gasteiger partial charge in [-0.15, -0.1) is 0 Å². The van der Waals surface area contributed by atoms with Gasteiger partial charge in [0.2, 0.25) is 0 Å². The number of oxazole rings is 1. The summed E-state index contributed by atoms with van der Waals surface area (Å²) in [5.41, 5.74) is 1.97. The smallest absolute Gasteiger partial charge is 0.255 e. The van der Waals surface area contributed by atoms with Gasteiger partial charge in [0, 0.05) is 23.4 Å². The molecule has 21 heavy (non-hydrogen) atoms. The number of thioether (sulfide) groups is 1. The van der Waals surface area contributed by atoms with Crippen LogP contribution in [0.1, 0.15) is 17.3 Å². The first kappa shape index (κ1) is 15.7. The molecule has 0 aliphatic rings. The van der Waals surface area contributed by atoms with Crippen molar-refractivity contribution in [3.05, 3.63) is 35.7 Å². The van der Waals surface area contributed by atoms with Crippen molar-refractivity contribution in [1.29, 1.82) is 0 Å². The van der Waals surface area contributed by atoms with E-state index in [2.05, 4.69) is 10.3 Å². The third-order valence-corrected chi connectivity index (χ3v) is 4.07. The first-order chi connectivity index (χ1) is 10.2. The lowest BCUT2D eigenvalue weighted by Gasteiger charge is -2.19. The standard InChI is InChI=1S/C15H20N2O3S/c1-10-8-20-15(17-10)21-9-13(16-2)12-6-5-11(18-3)7-14(12)19-4/h5-8,13,16H,9H2,1-4H3. The molecule has 0 fully saturated rings. The quantitative estimate of drug-likeness (QED) is 0.793. The first-order valence-corrected chi connectivity index (χ1v) is 7.60. The van der Waals surface area contributed by atoms with Crippen molar-refractivity contribution in [3.63, 3.8) is 0 Å². The van der Waals surface area contributed by atoms with Gasteiger partial charge < -0.3 is 19.2 Å². The van der Waals surface area contributed by atoms with E-state index in [0.29, 0.717) is 5.22 Å². The van der Waals surface area contributed by atoms with Crippen molar-refractivity contribution in [2.24, 2.45) is 0 Å². The third kappa shape index (κ3) is 3.92. The van der Waals surface area contributed by atoms with Gasteiger partial charge in [-0.05, 0) is 20.0 Å². The number of nitrogens with one attached hydrogen (secondary N) is 1. The van der Waals surface area contributed by atoms with E-state index in [-0.39, 0.29) is 6.04 Å². The van der Waals surface area contributed by atoms with Crippen molar-refractivity contribution in [2.45, 2.75) is 18.2 Å². The van der Waals surface area contributed by atoms with Crippen LogP contribution in [-0.2, 0) is 0 Å². The summed E-state index contributed by atoms with van der Waals surface area (Å²) in [5.74, 6) is 2.37. The molecule has 0 saturated heterocycles. The van der Waals surface area contributed by atoms with E-state index in [4.69, 9.17) is 13.9 Å². The Bertz CT molecular complexity index is 586. The highest BCUT2D eigenvalue weighted by Crippen LogP contribution is 2.32. The van der Waals surface area contributed by atoms with Gasteiger partial charge in [0.25, 0.3) is 5.22 Å². The van der Waals surface area contributed by atoms with Gasteiger partial charge in [0.15, 0.2) is 0 Å². The summed E-state index contributed by atoms with van der Waals surface area (Å²) in [6, 6.07) is 5.96.